The minimum Gasteiger partial charge on any atom is -0.457 e. The molecule has 1 aromatic heterocycles. The Morgan fingerprint density at radius 2 is 1.55 bits per heavy atom. The Morgan fingerprint density at radius 3 is 2.25 bits per heavy atom. The highest BCUT2D eigenvalue weighted by Gasteiger charge is 2.33. The van der Waals surface area contributed by atoms with Gasteiger partial charge in [-0.3, -0.25) is 9.78 Å². The molecule has 14 heteroatoms. The second-order valence-corrected chi connectivity index (χ2v) is 8.39. The number of amides is 3. The van der Waals surface area contributed by atoms with Gasteiger partial charge in [0.2, 0.25) is 0 Å². The summed E-state index contributed by atoms with van der Waals surface area (Å²) in [7, 11) is 0. The van der Waals surface area contributed by atoms with Gasteiger partial charge in [0.25, 0.3) is 5.91 Å². The molecule has 3 aromatic rings. The number of aliphatic hydroxyl groups is 1. The molecule has 0 aliphatic heterocycles. The molecule has 0 spiro atoms. The molecule has 0 aliphatic rings. The van der Waals surface area contributed by atoms with Crippen LogP contribution in [0, 0.1) is 0 Å². The summed E-state index contributed by atoms with van der Waals surface area (Å²) in [6.07, 6.45) is -3.24. The molecular formula is C26H26ClF3N4O6. The van der Waals surface area contributed by atoms with Crippen molar-refractivity contribution < 1.29 is 42.1 Å². The number of alkyl halides is 3. The lowest BCUT2D eigenvalue weighted by atomic mass is 10.2. The zero-order valence-electron chi connectivity index (χ0n) is 21.0. The summed E-state index contributed by atoms with van der Waals surface area (Å²) in [4.78, 5) is 28.6. The van der Waals surface area contributed by atoms with Crippen molar-refractivity contribution in [1.29, 1.82) is 0 Å². The lowest BCUT2D eigenvalue weighted by molar-refractivity contribution is -0.137. The molecular weight excluding hydrogens is 557 g/mol. The van der Waals surface area contributed by atoms with Crippen molar-refractivity contribution in [2.24, 2.45) is 0 Å². The second-order valence-electron chi connectivity index (χ2n) is 7.98. The number of aromatic nitrogens is 1. The molecule has 0 unspecified atom stereocenters. The largest absolute Gasteiger partial charge is 0.457 e. The van der Waals surface area contributed by atoms with Crippen molar-refractivity contribution >= 4 is 34.9 Å². The number of halogens is 4. The van der Waals surface area contributed by atoms with Crippen molar-refractivity contribution in [2.45, 2.75) is 6.18 Å². The highest BCUT2D eigenvalue weighted by atomic mass is 35.5. The SMILES string of the molecule is O=C(Nc1ccc(Oc2ccnc(C(=O)NCCOCCOCCO)c2)cc1)Nc1ccc(Cl)c(C(F)(F)F)c1. The average Bonchev–Trinajstić information content (AvgIpc) is 2.92. The first kappa shape index (κ1) is 30.6. The quantitative estimate of drug-likeness (QED) is 0.210. The molecule has 0 saturated carbocycles. The summed E-state index contributed by atoms with van der Waals surface area (Å²) in [6, 6.07) is 11.5. The standard InChI is InChI=1S/C26H26ClF3N4O6/c27-22-6-3-18(15-21(22)26(28,29)30)34-25(37)33-17-1-4-19(5-2-17)40-20-7-8-31-23(16-20)24(36)32-9-11-38-13-14-39-12-10-35/h1-8,15-16,35H,9-14H2,(H,32,36)(H2,33,34,37). The summed E-state index contributed by atoms with van der Waals surface area (Å²) >= 11 is 5.59. The van der Waals surface area contributed by atoms with E-state index in [1.54, 1.807) is 18.2 Å². The lowest BCUT2D eigenvalue weighted by Crippen LogP contribution is -2.28. The minimum absolute atomic E-state index is 0.0567. The van der Waals surface area contributed by atoms with Crippen LogP contribution in [0.4, 0.5) is 29.3 Å². The van der Waals surface area contributed by atoms with Crippen LogP contribution in [0.5, 0.6) is 11.5 Å². The van der Waals surface area contributed by atoms with Crippen molar-refractivity contribution in [3.8, 4) is 11.5 Å². The maximum Gasteiger partial charge on any atom is 0.417 e. The number of rotatable bonds is 13. The van der Waals surface area contributed by atoms with Gasteiger partial charge in [-0.15, -0.1) is 0 Å². The minimum atomic E-state index is -4.66. The fraction of sp³-hybridized carbons (Fsp3) is 0.269. The Hall–Kier alpha value is -3.91. The van der Waals surface area contributed by atoms with Gasteiger partial charge in [0.05, 0.1) is 43.6 Å². The van der Waals surface area contributed by atoms with E-state index in [2.05, 4.69) is 20.9 Å². The van der Waals surface area contributed by atoms with Gasteiger partial charge in [-0.1, -0.05) is 11.6 Å². The van der Waals surface area contributed by atoms with Crippen LogP contribution in [0.1, 0.15) is 16.1 Å². The molecule has 4 N–H and O–H groups in total. The van der Waals surface area contributed by atoms with Crippen LogP contribution >= 0.6 is 11.6 Å². The summed E-state index contributed by atoms with van der Waals surface area (Å²) in [6.45, 7) is 1.40. The molecule has 0 bridgehead atoms. The smallest absolute Gasteiger partial charge is 0.417 e. The summed E-state index contributed by atoms with van der Waals surface area (Å²) in [5.41, 5.74) is -0.652. The molecule has 10 nitrogen and oxygen atoms in total. The van der Waals surface area contributed by atoms with E-state index in [4.69, 9.17) is 30.9 Å². The number of carbonyl (C=O) groups excluding carboxylic acids is 2. The normalized spacial score (nSPS) is 11.1. The van der Waals surface area contributed by atoms with Gasteiger partial charge in [-0.2, -0.15) is 13.2 Å². The van der Waals surface area contributed by atoms with E-state index in [1.165, 1.54) is 30.5 Å². The topological polar surface area (TPSA) is 131 Å². The predicted molar refractivity (Wildman–Crippen MR) is 141 cm³/mol. The van der Waals surface area contributed by atoms with Crippen LogP contribution in [0.2, 0.25) is 5.02 Å². The number of benzene rings is 2. The number of nitrogens with one attached hydrogen (secondary N) is 3. The maximum absolute atomic E-state index is 13.0. The van der Waals surface area contributed by atoms with E-state index in [1.807, 2.05) is 0 Å². The van der Waals surface area contributed by atoms with Crippen LogP contribution in [-0.4, -0.2) is 61.6 Å². The van der Waals surface area contributed by atoms with E-state index >= 15 is 0 Å². The molecule has 0 atom stereocenters. The molecule has 0 radical (unpaired) electrons. The number of carbonyl (C=O) groups is 2. The zero-order valence-corrected chi connectivity index (χ0v) is 21.7. The van der Waals surface area contributed by atoms with Crippen LogP contribution < -0.4 is 20.7 Å². The number of hydrogen-bond acceptors (Lipinski definition) is 7. The van der Waals surface area contributed by atoms with Gasteiger partial charge >= 0.3 is 12.2 Å². The number of pyridine rings is 1. The Morgan fingerprint density at radius 1 is 0.875 bits per heavy atom. The average molecular weight is 583 g/mol. The summed E-state index contributed by atoms with van der Waals surface area (Å²) in [5.74, 6) is 0.325. The monoisotopic (exact) mass is 582 g/mol. The third-order valence-corrected chi connectivity index (χ3v) is 5.31. The number of urea groups is 1. The predicted octanol–water partition coefficient (Wildman–Crippen LogP) is 4.95. The molecule has 3 amide bonds. The molecule has 0 aliphatic carbocycles. The number of aliphatic hydroxyl groups excluding tert-OH is 1. The molecule has 0 fully saturated rings. The third kappa shape index (κ3) is 10.0. The Bertz CT molecular complexity index is 1280. The van der Waals surface area contributed by atoms with Crippen molar-refractivity contribution in [3.63, 3.8) is 0 Å². The van der Waals surface area contributed by atoms with E-state index in [0.29, 0.717) is 30.4 Å². The van der Waals surface area contributed by atoms with E-state index in [0.717, 1.165) is 12.1 Å². The van der Waals surface area contributed by atoms with Crippen LogP contribution in [0.15, 0.2) is 60.8 Å². The number of hydrogen-bond donors (Lipinski definition) is 4. The molecule has 40 heavy (non-hydrogen) atoms. The molecule has 1 heterocycles. The third-order valence-electron chi connectivity index (χ3n) is 4.98. The van der Waals surface area contributed by atoms with Gasteiger partial charge in [0.15, 0.2) is 0 Å². The fourth-order valence-electron chi connectivity index (χ4n) is 3.17. The van der Waals surface area contributed by atoms with Gasteiger partial charge in [-0.05, 0) is 48.5 Å². The first-order valence-corrected chi connectivity index (χ1v) is 12.3. The van der Waals surface area contributed by atoms with Crippen molar-refractivity contribution in [3.05, 3.63) is 77.1 Å². The van der Waals surface area contributed by atoms with Gasteiger partial charge in [0.1, 0.15) is 17.2 Å². The first-order valence-electron chi connectivity index (χ1n) is 11.9. The van der Waals surface area contributed by atoms with Crippen molar-refractivity contribution in [2.75, 3.05) is 50.2 Å². The van der Waals surface area contributed by atoms with Gasteiger partial charge in [-0.25, -0.2) is 4.79 Å². The van der Waals surface area contributed by atoms with Crippen LogP contribution in [0.25, 0.3) is 0 Å². The summed E-state index contributed by atoms with van der Waals surface area (Å²) < 4.78 is 55.2. The van der Waals surface area contributed by atoms with Crippen LogP contribution in [0.3, 0.4) is 0 Å². The summed E-state index contributed by atoms with van der Waals surface area (Å²) in [5, 5.41) is 15.7. The lowest BCUT2D eigenvalue weighted by Gasteiger charge is -2.12. The van der Waals surface area contributed by atoms with Gasteiger partial charge < -0.3 is 35.3 Å². The van der Waals surface area contributed by atoms with E-state index in [-0.39, 0.29) is 37.7 Å². The highest BCUT2D eigenvalue weighted by molar-refractivity contribution is 6.31. The molecule has 214 valence electrons. The molecule has 0 saturated heterocycles. The molecule has 2 aromatic carbocycles. The second kappa shape index (κ2) is 15.0. The van der Waals surface area contributed by atoms with E-state index in [9.17, 15) is 22.8 Å². The maximum atomic E-state index is 13.0. The highest BCUT2D eigenvalue weighted by Crippen LogP contribution is 2.36. The number of ether oxygens (including phenoxy) is 3. The molecule has 3 rings (SSSR count). The Balaban J connectivity index is 1.47. The van der Waals surface area contributed by atoms with Gasteiger partial charge in [0, 0.05) is 30.2 Å². The van der Waals surface area contributed by atoms with Crippen LogP contribution in [-0.2, 0) is 15.7 Å². The first-order chi connectivity index (χ1) is 19.2. The van der Waals surface area contributed by atoms with Crippen molar-refractivity contribution in [1.82, 2.24) is 10.3 Å². The zero-order chi connectivity index (χ0) is 29.0. The fourth-order valence-corrected chi connectivity index (χ4v) is 3.39. The number of anilines is 2. The Labute approximate surface area is 232 Å². The Kier molecular flexibility index (Phi) is 11.5. The van der Waals surface area contributed by atoms with E-state index < -0.39 is 28.7 Å². The number of nitrogens with zero attached hydrogens (tertiary/aromatic N) is 1.